The lowest BCUT2D eigenvalue weighted by molar-refractivity contribution is -0.134. The average molecular weight is 363 g/mol. The minimum atomic E-state index is -0.293. The quantitative estimate of drug-likeness (QED) is 0.199. The van der Waals surface area contributed by atoms with E-state index in [2.05, 4.69) is 13.8 Å². The van der Waals surface area contributed by atoms with E-state index >= 15 is 0 Å². The number of aromatic hydroxyl groups is 1. The summed E-state index contributed by atoms with van der Waals surface area (Å²) in [5, 5.41) is 10.2. The summed E-state index contributed by atoms with van der Waals surface area (Å²) in [5.74, 6) is -0.122. The Morgan fingerprint density at radius 2 is 1.46 bits per heavy atom. The average Bonchev–Trinajstić information content (AvgIpc) is 2.61. The van der Waals surface area contributed by atoms with Crippen molar-refractivity contribution in [3.63, 3.8) is 0 Å². The first-order valence-corrected chi connectivity index (χ1v) is 10.1. The van der Waals surface area contributed by atoms with Crippen LogP contribution in [0.2, 0.25) is 0 Å². The van der Waals surface area contributed by atoms with Crippen molar-refractivity contribution in [1.82, 2.24) is 0 Å². The highest BCUT2D eigenvalue weighted by molar-refractivity contribution is 5.99. The number of rotatable bonds is 13. The second-order valence-corrected chi connectivity index (χ2v) is 7.01. The van der Waals surface area contributed by atoms with E-state index in [0.29, 0.717) is 29.7 Å². The number of hydrogen-bond acceptors (Lipinski definition) is 4. The van der Waals surface area contributed by atoms with Gasteiger partial charge in [0.15, 0.2) is 5.78 Å². The third kappa shape index (κ3) is 8.03. The number of phenols is 1. The molecule has 1 aromatic rings. The Kier molecular flexibility index (Phi) is 10.7. The Morgan fingerprint density at radius 3 is 2.12 bits per heavy atom. The zero-order valence-electron chi connectivity index (χ0n) is 16.6. The van der Waals surface area contributed by atoms with Gasteiger partial charge in [0.25, 0.3) is 0 Å². The molecule has 4 heteroatoms. The van der Waals surface area contributed by atoms with Gasteiger partial charge in [-0.05, 0) is 31.4 Å². The molecule has 0 aromatic heterocycles. The molecule has 0 saturated carbocycles. The highest BCUT2D eigenvalue weighted by Crippen LogP contribution is 2.29. The van der Waals surface area contributed by atoms with E-state index in [1.807, 2.05) is 0 Å². The van der Waals surface area contributed by atoms with Gasteiger partial charge in [-0.3, -0.25) is 9.59 Å². The summed E-state index contributed by atoms with van der Waals surface area (Å²) < 4.78 is 5.36. The van der Waals surface area contributed by atoms with E-state index in [-0.39, 0.29) is 17.5 Å². The summed E-state index contributed by atoms with van der Waals surface area (Å²) in [4.78, 5) is 24.2. The third-order valence-corrected chi connectivity index (χ3v) is 4.56. The van der Waals surface area contributed by atoms with E-state index in [4.69, 9.17) is 4.74 Å². The van der Waals surface area contributed by atoms with Crippen LogP contribution in [-0.4, -0.2) is 16.9 Å². The van der Waals surface area contributed by atoms with Gasteiger partial charge >= 0.3 is 5.97 Å². The number of hydrogen-bond donors (Lipinski definition) is 1. The Hall–Kier alpha value is -1.84. The number of carbonyl (C=O) groups is 2. The lowest BCUT2D eigenvalue weighted by Gasteiger charge is -2.11. The lowest BCUT2D eigenvalue weighted by atomic mass is 10.0. The summed E-state index contributed by atoms with van der Waals surface area (Å²) in [6.45, 7) is 6.07. The number of ketones is 1. The zero-order valence-corrected chi connectivity index (χ0v) is 16.6. The van der Waals surface area contributed by atoms with Crippen LogP contribution in [0.25, 0.3) is 0 Å². The molecule has 0 amide bonds. The maximum Gasteiger partial charge on any atom is 0.311 e. The number of phenolic OH excluding ortho intramolecular Hbond substituents is 1. The molecule has 0 atom stereocenters. The SMILES string of the molecule is CCCCCCCC(=O)c1cc(C)c(OC(=O)CCCCCC)cc1O. The summed E-state index contributed by atoms with van der Waals surface area (Å²) in [6.07, 6.45) is 10.3. The van der Waals surface area contributed by atoms with Gasteiger partial charge in [0, 0.05) is 18.9 Å². The van der Waals surface area contributed by atoms with E-state index < -0.39 is 0 Å². The molecule has 0 unspecified atom stereocenters. The molecular weight excluding hydrogens is 328 g/mol. The van der Waals surface area contributed by atoms with Gasteiger partial charge in [-0.1, -0.05) is 58.8 Å². The predicted molar refractivity (Wildman–Crippen MR) is 105 cm³/mol. The first kappa shape index (κ1) is 22.2. The molecule has 1 rings (SSSR count). The summed E-state index contributed by atoms with van der Waals surface area (Å²) >= 11 is 0. The van der Waals surface area contributed by atoms with Crippen LogP contribution in [0.1, 0.15) is 100 Å². The predicted octanol–water partition coefficient (Wildman–Crippen LogP) is 6.12. The highest BCUT2D eigenvalue weighted by atomic mass is 16.5. The summed E-state index contributed by atoms with van der Waals surface area (Å²) in [5.41, 5.74) is 1.01. The fourth-order valence-corrected chi connectivity index (χ4v) is 2.90. The molecule has 0 aliphatic rings. The first-order valence-electron chi connectivity index (χ1n) is 10.1. The van der Waals surface area contributed by atoms with Gasteiger partial charge in [-0.25, -0.2) is 0 Å². The van der Waals surface area contributed by atoms with Gasteiger partial charge in [-0.15, -0.1) is 0 Å². The van der Waals surface area contributed by atoms with Crippen molar-refractivity contribution in [2.24, 2.45) is 0 Å². The lowest BCUT2D eigenvalue weighted by Crippen LogP contribution is -2.09. The van der Waals surface area contributed by atoms with Crippen molar-refractivity contribution in [3.8, 4) is 11.5 Å². The normalized spacial score (nSPS) is 10.7. The maximum absolute atomic E-state index is 12.3. The van der Waals surface area contributed by atoms with Crippen molar-refractivity contribution in [1.29, 1.82) is 0 Å². The standard InChI is InChI=1S/C22H34O4/c1-4-6-8-10-11-13-19(23)18-15-17(3)21(16-20(18)24)26-22(25)14-12-9-7-5-2/h15-16,24H,4-14H2,1-3H3. The fraction of sp³-hybridized carbons (Fsp3) is 0.636. The molecule has 1 N–H and O–H groups in total. The molecule has 0 aliphatic heterocycles. The molecule has 0 spiro atoms. The molecule has 1 aromatic carbocycles. The molecule has 146 valence electrons. The van der Waals surface area contributed by atoms with Crippen molar-refractivity contribution < 1.29 is 19.4 Å². The molecule has 0 aliphatic carbocycles. The van der Waals surface area contributed by atoms with Crippen LogP contribution >= 0.6 is 0 Å². The van der Waals surface area contributed by atoms with Crippen molar-refractivity contribution in [2.75, 3.05) is 0 Å². The minimum absolute atomic E-state index is 0.0560. The molecule has 0 saturated heterocycles. The molecule has 0 heterocycles. The van der Waals surface area contributed by atoms with Gasteiger partial charge in [0.2, 0.25) is 0 Å². The minimum Gasteiger partial charge on any atom is -0.507 e. The van der Waals surface area contributed by atoms with Crippen LogP contribution in [0, 0.1) is 6.92 Å². The monoisotopic (exact) mass is 362 g/mol. The van der Waals surface area contributed by atoms with Gasteiger partial charge < -0.3 is 9.84 Å². The van der Waals surface area contributed by atoms with Crippen LogP contribution < -0.4 is 4.74 Å². The van der Waals surface area contributed by atoms with Crippen LogP contribution in [0.15, 0.2) is 12.1 Å². The largest absolute Gasteiger partial charge is 0.507 e. The van der Waals surface area contributed by atoms with Crippen molar-refractivity contribution in [2.45, 2.75) is 91.4 Å². The van der Waals surface area contributed by atoms with E-state index in [9.17, 15) is 14.7 Å². The number of aryl methyl sites for hydroxylation is 1. The second kappa shape index (κ2) is 12.5. The second-order valence-electron chi connectivity index (χ2n) is 7.01. The molecule has 26 heavy (non-hydrogen) atoms. The molecule has 0 radical (unpaired) electrons. The number of ether oxygens (including phenoxy) is 1. The smallest absolute Gasteiger partial charge is 0.311 e. The van der Waals surface area contributed by atoms with Crippen LogP contribution in [-0.2, 0) is 4.79 Å². The van der Waals surface area contributed by atoms with E-state index in [0.717, 1.165) is 44.9 Å². The Bertz CT molecular complexity index is 578. The summed E-state index contributed by atoms with van der Waals surface area (Å²) in [6, 6.07) is 3.02. The van der Waals surface area contributed by atoms with Crippen LogP contribution in [0.5, 0.6) is 11.5 Å². The Morgan fingerprint density at radius 1 is 0.885 bits per heavy atom. The summed E-state index contributed by atoms with van der Waals surface area (Å²) in [7, 11) is 0. The molecule has 0 bridgehead atoms. The van der Waals surface area contributed by atoms with Crippen molar-refractivity contribution in [3.05, 3.63) is 23.3 Å². The van der Waals surface area contributed by atoms with Gasteiger partial charge in [0.1, 0.15) is 11.5 Å². The van der Waals surface area contributed by atoms with E-state index in [1.165, 1.54) is 18.9 Å². The Labute approximate surface area is 158 Å². The zero-order chi connectivity index (χ0) is 19.4. The van der Waals surface area contributed by atoms with Gasteiger partial charge in [0.05, 0.1) is 5.56 Å². The van der Waals surface area contributed by atoms with Crippen molar-refractivity contribution >= 4 is 11.8 Å². The number of unbranched alkanes of at least 4 members (excludes halogenated alkanes) is 7. The molecule has 4 nitrogen and oxygen atoms in total. The number of Topliss-reactive ketones (excluding diaryl/α,β-unsaturated/α-hetero) is 1. The molecular formula is C22H34O4. The third-order valence-electron chi connectivity index (χ3n) is 4.56. The van der Waals surface area contributed by atoms with Crippen LogP contribution in [0.3, 0.4) is 0 Å². The maximum atomic E-state index is 12.3. The van der Waals surface area contributed by atoms with Gasteiger partial charge in [-0.2, -0.15) is 0 Å². The fourth-order valence-electron chi connectivity index (χ4n) is 2.90. The number of esters is 1. The van der Waals surface area contributed by atoms with E-state index in [1.54, 1.807) is 13.0 Å². The number of benzene rings is 1. The highest BCUT2D eigenvalue weighted by Gasteiger charge is 2.16. The number of carbonyl (C=O) groups excluding carboxylic acids is 2. The Balaban J connectivity index is 2.58. The molecule has 0 fully saturated rings. The van der Waals surface area contributed by atoms with Crippen LogP contribution in [0.4, 0.5) is 0 Å². The topological polar surface area (TPSA) is 63.6 Å². The first-order chi connectivity index (χ1) is 12.5.